The van der Waals surface area contributed by atoms with Crippen molar-refractivity contribution in [2.45, 2.75) is 43.5 Å². The van der Waals surface area contributed by atoms with E-state index < -0.39 is 41.5 Å². The van der Waals surface area contributed by atoms with E-state index in [9.17, 15) is 23.1 Å². The number of aliphatic hydroxyl groups excluding tert-OH is 1. The van der Waals surface area contributed by atoms with Crippen molar-refractivity contribution in [1.82, 2.24) is 24.4 Å². The highest BCUT2D eigenvalue weighted by molar-refractivity contribution is 6.09. The van der Waals surface area contributed by atoms with E-state index in [1.54, 1.807) is 0 Å². The second kappa shape index (κ2) is 7.50. The van der Waals surface area contributed by atoms with Crippen LogP contribution in [0.4, 0.5) is 24.7 Å². The Bertz CT molecular complexity index is 1130. The standard InChI is InChI=1S/C18H21F3N8O2/c1-28-7-9(15(27-28)18(19,20)21)24-17(31)13-14(12-8(22)3-2-4-10(12)30)26-29-6-5-11(23)25-16(13)29/h5-8,10,12,30H,2-4,22H2,1H3,(H2,23,25)(H,24,31). The summed E-state index contributed by atoms with van der Waals surface area (Å²) >= 11 is 0. The van der Waals surface area contributed by atoms with Crippen molar-refractivity contribution < 1.29 is 23.1 Å². The van der Waals surface area contributed by atoms with Crippen LogP contribution in [0.3, 0.4) is 0 Å². The predicted molar refractivity (Wildman–Crippen MR) is 104 cm³/mol. The summed E-state index contributed by atoms with van der Waals surface area (Å²) < 4.78 is 42.2. The van der Waals surface area contributed by atoms with Crippen molar-refractivity contribution in [2.75, 3.05) is 11.1 Å². The number of carbonyl (C=O) groups excluding carboxylic acids is 1. The van der Waals surface area contributed by atoms with Gasteiger partial charge in [-0.2, -0.15) is 23.4 Å². The molecule has 0 saturated heterocycles. The van der Waals surface area contributed by atoms with E-state index in [1.165, 1.54) is 23.8 Å². The van der Waals surface area contributed by atoms with Gasteiger partial charge in [-0.1, -0.05) is 0 Å². The number of nitrogens with one attached hydrogen (secondary N) is 1. The van der Waals surface area contributed by atoms with Crippen LogP contribution in [0, 0.1) is 0 Å². The van der Waals surface area contributed by atoms with Crippen LogP contribution < -0.4 is 16.8 Å². The Hall–Kier alpha value is -3.19. The molecule has 3 aromatic rings. The Morgan fingerprint density at radius 3 is 2.74 bits per heavy atom. The zero-order chi connectivity index (χ0) is 22.5. The second-order valence-corrected chi connectivity index (χ2v) is 7.59. The number of fused-ring (bicyclic) bond motifs is 1. The summed E-state index contributed by atoms with van der Waals surface area (Å²) in [6.07, 6.45) is -1.32. The number of nitrogens with zero attached hydrogens (tertiary/aromatic N) is 5. The van der Waals surface area contributed by atoms with Crippen molar-refractivity contribution in [3.05, 3.63) is 35.4 Å². The summed E-state index contributed by atoms with van der Waals surface area (Å²) in [5, 5.41) is 20.6. The normalized spacial score (nSPS) is 22.1. The zero-order valence-corrected chi connectivity index (χ0v) is 16.5. The number of carbonyl (C=O) groups is 1. The molecule has 4 rings (SSSR count). The fourth-order valence-corrected chi connectivity index (χ4v) is 3.98. The van der Waals surface area contributed by atoms with Gasteiger partial charge >= 0.3 is 6.18 Å². The quantitative estimate of drug-likeness (QED) is 0.481. The Kier molecular flexibility index (Phi) is 5.09. The van der Waals surface area contributed by atoms with E-state index >= 15 is 0 Å². The summed E-state index contributed by atoms with van der Waals surface area (Å²) in [5.74, 6) is -1.47. The van der Waals surface area contributed by atoms with E-state index in [1.807, 2.05) is 0 Å². The molecule has 1 aliphatic carbocycles. The van der Waals surface area contributed by atoms with E-state index in [0.29, 0.717) is 19.3 Å². The number of anilines is 2. The molecule has 3 atom stereocenters. The van der Waals surface area contributed by atoms with Gasteiger partial charge in [0, 0.05) is 31.4 Å². The third kappa shape index (κ3) is 3.81. The van der Waals surface area contributed by atoms with Crippen molar-refractivity contribution >= 4 is 23.1 Å². The van der Waals surface area contributed by atoms with Crippen molar-refractivity contribution in [1.29, 1.82) is 0 Å². The maximum atomic E-state index is 13.3. The van der Waals surface area contributed by atoms with Crippen LogP contribution >= 0.6 is 0 Å². The van der Waals surface area contributed by atoms with Crippen LogP contribution in [-0.2, 0) is 13.2 Å². The first-order valence-corrected chi connectivity index (χ1v) is 9.57. The molecule has 13 heteroatoms. The monoisotopic (exact) mass is 438 g/mol. The van der Waals surface area contributed by atoms with Crippen LogP contribution in [0.1, 0.15) is 46.9 Å². The van der Waals surface area contributed by atoms with Gasteiger partial charge in [-0.15, -0.1) is 0 Å². The number of nitrogens with two attached hydrogens (primary N) is 2. The predicted octanol–water partition coefficient (Wildman–Crippen LogP) is 1.27. The molecule has 3 unspecified atom stereocenters. The fraction of sp³-hybridized carbons (Fsp3) is 0.444. The Labute approximate surface area is 174 Å². The molecule has 10 nitrogen and oxygen atoms in total. The number of aliphatic hydroxyl groups is 1. The molecule has 1 saturated carbocycles. The summed E-state index contributed by atoms with van der Waals surface area (Å²) in [7, 11) is 1.31. The molecule has 0 radical (unpaired) electrons. The van der Waals surface area contributed by atoms with Crippen molar-refractivity contribution in [3.63, 3.8) is 0 Å². The molecule has 1 aliphatic rings. The summed E-state index contributed by atoms with van der Waals surface area (Å²) in [6, 6.07) is 0.979. The molecule has 166 valence electrons. The lowest BCUT2D eigenvalue weighted by Gasteiger charge is -2.32. The molecule has 0 aromatic carbocycles. The highest BCUT2D eigenvalue weighted by Crippen LogP contribution is 2.36. The molecule has 1 fully saturated rings. The maximum Gasteiger partial charge on any atom is 0.437 e. The maximum absolute atomic E-state index is 13.3. The highest BCUT2D eigenvalue weighted by Gasteiger charge is 2.40. The number of alkyl halides is 3. The molecule has 0 bridgehead atoms. The molecule has 0 spiro atoms. The first-order chi connectivity index (χ1) is 14.6. The van der Waals surface area contributed by atoms with Gasteiger partial charge in [0.15, 0.2) is 11.3 Å². The minimum Gasteiger partial charge on any atom is -0.392 e. The van der Waals surface area contributed by atoms with Crippen LogP contribution in [-0.4, -0.2) is 47.5 Å². The lowest BCUT2D eigenvalue weighted by atomic mass is 9.79. The topological polar surface area (TPSA) is 149 Å². The smallest absolute Gasteiger partial charge is 0.392 e. The molecule has 3 heterocycles. The van der Waals surface area contributed by atoms with Gasteiger partial charge in [0.25, 0.3) is 5.91 Å². The third-order valence-corrected chi connectivity index (χ3v) is 5.34. The van der Waals surface area contributed by atoms with Gasteiger partial charge in [0.2, 0.25) is 0 Å². The van der Waals surface area contributed by atoms with Gasteiger partial charge in [0.1, 0.15) is 11.4 Å². The molecular weight excluding hydrogens is 417 g/mol. The van der Waals surface area contributed by atoms with Crippen molar-refractivity contribution in [3.8, 4) is 0 Å². The minimum atomic E-state index is -4.77. The van der Waals surface area contributed by atoms with Gasteiger partial charge in [-0.05, 0) is 25.3 Å². The van der Waals surface area contributed by atoms with E-state index in [0.717, 1.165) is 10.9 Å². The average Bonchev–Trinajstić information content (AvgIpc) is 3.21. The highest BCUT2D eigenvalue weighted by atomic mass is 19.4. The van der Waals surface area contributed by atoms with Gasteiger partial charge < -0.3 is 21.9 Å². The summed E-state index contributed by atoms with van der Waals surface area (Å²) in [5.41, 5.74) is 10.3. The first-order valence-electron chi connectivity index (χ1n) is 9.57. The number of hydrogen-bond acceptors (Lipinski definition) is 7. The molecule has 1 amide bonds. The summed E-state index contributed by atoms with van der Waals surface area (Å²) in [6.45, 7) is 0. The van der Waals surface area contributed by atoms with Gasteiger partial charge in [0.05, 0.1) is 17.5 Å². The SMILES string of the molecule is Cn1cc(NC(=O)c2c(C3C(N)CCCC3O)nn3ccc(N)nc23)c(C(F)(F)F)n1. The van der Waals surface area contributed by atoms with Crippen LogP contribution in [0.15, 0.2) is 18.5 Å². The number of nitrogen functional groups attached to an aromatic ring is 1. The second-order valence-electron chi connectivity index (χ2n) is 7.59. The average molecular weight is 438 g/mol. The number of aromatic nitrogens is 5. The molecular formula is C18H21F3N8O2. The third-order valence-electron chi connectivity index (χ3n) is 5.34. The lowest BCUT2D eigenvalue weighted by Crippen LogP contribution is -2.40. The largest absolute Gasteiger partial charge is 0.437 e. The van der Waals surface area contributed by atoms with Gasteiger partial charge in [-0.3, -0.25) is 9.48 Å². The van der Waals surface area contributed by atoms with E-state index in [4.69, 9.17) is 11.5 Å². The van der Waals surface area contributed by atoms with Crippen LogP contribution in [0.2, 0.25) is 0 Å². The van der Waals surface area contributed by atoms with Crippen LogP contribution in [0.25, 0.3) is 5.65 Å². The minimum absolute atomic E-state index is 0.0509. The number of amides is 1. The number of aryl methyl sites for hydroxylation is 1. The van der Waals surface area contributed by atoms with Crippen molar-refractivity contribution in [2.24, 2.45) is 12.8 Å². The zero-order valence-electron chi connectivity index (χ0n) is 16.5. The Balaban J connectivity index is 1.83. The van der Waals surface area contributed by atoms with Gasteiger partial charge in [-0.25, -0.2) is 9.50 Å². The Morgan fingerprint density at radius 2 is 2.06 bits per heavy atom. The first kappa shape index (κ1) is 21.1. The summed E-state index contributed by atoms with van der Waals surface area (Å²) in [4.78, 5) is 17.3. The lowest BCUT2D eigenvalue weighted by molar-refractivity contribution is -0.140. The number of hydrogen-bond donors (Lipinski definition) is 4. The number of rotatable bonds is 3. The molecule has 31 heavy (non-hydrogen) atoms. The van der Waals surface area contributed by atoms with E-state index in [-0.39, 0.29) is 22.7 Å². The fourth-order valence-electron chi connectivity index (χ4n) is 3.98. The Morgan fingerprint density at radius 1 is 1.32 bits per heavy atom. The molecule has 6 N–H and O–H groups in total. The van der Waals surface area contributed by atoms with E-state index in [2.05, 4.69) is 20.5 Å². The molecule has 0 aliphatic heterocycles. The molecule has 3 aromatic heterocycles. The van der Waals surface area contributed by atoms with Crippen LogP contribution in [0.5, 0.6) is 0 Å². The number of halogens is 3.